The lowest BCUT2D eigenvalue weighted by Gasteiger charge is -2.55. The number of allylic oxidation sites excluding steroid dienone is 2. The molecule has 23 heavy (non-hydrogen) atoms. The summed E-state index contributed by atoms with van der Waals surface area (Å²) in [6, 6.07) is 0. The zero-order valence-electron chi connectivity index (χ0n) is 15.1. The van der Waals surface area contributed by atoms with Gasteiger partial charge < -0.3 is 9.84 Å². The summed E-state index contributed by atoms with van der Waals surface area (Å²) in [5.41, 5.74) is 0.779. The molecule has 1 heterocycles. The Kier molecular flexibility index (Phi) is 3.09. The summed E-state index contributed by atoms with van der Waals surface area (Å²) in [5.74, 6) is 1.19. The van der Waals surface area contributed by atoms with Crippen LogP contribution < -0.4 is 0 Å². The molecular formula is C20H30O3. The van der Waals surface area contributed by atoms with Crippen LogP contribution in [0.4, 0.5) is 0 Å². The number of ketones is 1. The van der Waals surface area contributed by atoms with Gasteiger partial charge in [-0.3, -0.25) is 4.79 Å². The molecule has 128 valence electrons. The molecule has 2 saturated carbocycles. The summed E-state index contributed by atoms with van der Waals surface area (Å²) >= 11 is 0. The van der Waals surface area contributed by atoms with Crippen molar-refractivity contribution in [2.24, 2.45) is 28.6 Å². The highest BCUT2D eigenvalue weighted by atomic mass is 16.6. The second-order valence-corrected chi connectivity index (χ2v) is 9.57. The van der Waals surface area contributed by atoms with Crippen LogP contribution in [-0.2, 0) is 9.53 Å². The molecule has 0 radical (unpaired) electrons. The largest absolute Gasteiger partial charge is 0.392 e. The molecule has 3 heteroatoms. The van der Waals surface area contributed by atoms with E-state index in [1.54, 1.807) is 0 Å². The number of epoxide rings is 1. The number of aliphatic hydroxyl groups excluding tert-OH is 1. The van der Waals surface area contributed by atoms with E-state index in [4.69, 9.17) is 4.74 Å². The lowest BCUT2D eigenvalue weighted by Crippen LogP contribution is -2.56. The molecular weight excluding hydrogens is 288 g/mol. The third-order valence-electron chi connectivity index (χ3n) is 7.79. The average molecular weight is 318 g/mol. The van der Waals surface area contributed by atoms with Crippen LogP contribution in [0.1, 0.15) is 60.3 Å². The second kappa shape index (κ2) is 4.49. The standard InChI is InChI=1S/C20H30O3/c1-11(2)12-8-14(21)20(5)15(22)9-18(3)10-16-19(4,23-16)7-6-13(18)17(12)20/h8,11,13,15-17,22H,6-7,9-10H2,1-5H3. The first-order chi connectivity index (χ1) is 10.6. The number of rotatable bonds is 1. The zero-order chi connectivity index (χ0) is 16.8. The minimum absolute atomic E-state index is 0.0476. The topological polar surface area (TPSA) is 49.8 Å². The minimum atomic E-state index is -0.611. The van der Waals surface area contributed by atoms with Crippen LogP contribution in [0.2, 0.25) is 0 Å². The summed E-state index contributed by atoms with van der Waals surface area (Å²) < 4.78 is 5.96. The first-order valence-corrected chi connectivity index (χ1v) is 9.23. The van der Waals surface area contributed by atoms with Gasteiger partial charge in [-0.2, -0.15) is 0 Å². The molecule has 1 aliphatic heterocycles. The monoisotopic (exact) mass is 318 g/mol. The quantitative estimate of drug-likeness (QED) is 0.753. The smallest absolute Gasteiger partial charge is 0.164 e. The van der Waals surface area contributed by atoms with Crippen LogP contribution >= 0.6 is 0 Å². The molecule has 3 aliphatic carbocycles. The van der Waals surface area contributed by atoms with Gasteiger partial charge in [-0.25, -0.2) is 0 Å². The fourth-order valence-electron chi connectivity index (χ4n) is 6.04. The lowest BCUT2D eigenvalue weighted by atomic mass is 9.50. The Hall–Kier alpha value is -0.670. The van der Waals surface area contributed by atoms with Crippen LogP contribution in [0.3, 0.4) is 0 Å². The van der Waals surface area contributed by atoms with Gasteiger partial charge in [0.05, 0.1) is 23.2 Å². The van der Waals surface area contributed by atoms with E-state index in [0.717, 1.165) is 25.7 Å². The molecule has 0 spiro atoms. The van der Waals surface area contributed by atoms with E-state index in [9.17, 15) is 9.90 Å². The van der Waals surface area contributed by atoms with Crippen molar-refractivity contribution in [1.29, 1.82) is 0 Å². The molecule has 1 N–H and O–H groups in total. The number of hydrogen-bond acceptors (Lipinski definition) is 3. The highest BCUT2D eigenvalue weighted by molar-refractivity contribution is 5.99. The summed E-state index contributed by atoms with van der Waals surface area (Å²) in [6.45, 7) is 10.9. The summed E-state index contributed by atoms with van der Waals surface area (Å²) in [7, 11) is 0. The van der Waals surface area contributed by atoms with Crippen LogP contribution in [0.15, 0.2) is 11.6 Å². The van der Waals surface area contributed by atoms with Gasteiger partial charge in [-0.05, 0) is 68.8 Å². The van der Waals surface area contributed by atoms with Crippen molar-refractivity contribution >= 4 is 5.78 Å². The highest BCUT2D eigenvalue weighted by Crippen LogP contribution is 2.66. The molecule has 7 atom stereocenters. The SMILES string of the molecule is CC(C)C1=CC(=O)C2(C)C(O)CC3(C)CC4OC4(C)CCC3C12. The van der Waals surface area contributed by atoms with Crippen molar-refractivity contribution in [2.75, 3.05) is 0 Å². The number of carbonyl (C=O) groups excluding carboxylic acids is 1. The van der Waals surface area contributed by atoms with E-state index in [-0.39, 0.29) is 22.7 Å². The van der Waals surface area contributed by atoms with Crippen molar-refractivity contribution in [3.05, 3.63) is 11.6 Å². The van der Waals surface area contributed by atoms with Gasteiger partial charge in [0.25, 0.3) is 0 Å². The molecule has 3 fully saturated rings. The van der Waals surface area contributed by atoms with Gasteiger partial charge in [0.15, 0.2) is 5.78 Å². The molecule has 7 unspecified atom stereocenters. The lowest BCUT2D eigenvalue weighted by molar-refractivity contribution is -0.150. The van der Waals surface area contributed by atoms with Crippen molar-refractivity contribution in [1.82, 2.24) is 0 Å². The number of hydrogen-bond donors (Lipinski definition) is 1. The Morgan fingerprint density at radius 1 is 1.26 bits per heavy atom. The molecule has 0 bridgehead atoms. The Morgan fingerprint density at radius 3 is 2.61 bits per heavy atom. The van der Waals surface area contributed by atoms with Gasteiger partial charge in [0.2, 0.25) is 0 Å². The van der Waals surface area contributed by atoms with Gasteiger partial charge in [0, 0.05) is 0 Å². The third kappa shape index (κ3) is 1.93. The van der Waals surface area contributed by atoms with Gasteiger partial charge in [-0.15, -0.1) is 0 Å². The molecule has 0 aromatic carbocycles. The fraction of sp³-hybridized carbons (Fsp3) is 0.850. The normalized spacial score (nSPS) is 54.9. The molecule has 0 amide bonds. The predicted octanol–water partition coefficient (Wildman–Crippen LogP) is 3.50. The van der Waals surface area contributed by atoms with E-state index in [2.05, 4.69) is 27.7 Å². The maximum atomic E-state index is 12.8. The van der Waals surface area contributed by atoms with E-state index < -0.39 is 11.5 Å². The van der Waals surface area contributed by atoms with E-state index in [1.807, 2.05) is 13.0 Å². The second-order valence-electron chi connectivity index (χ2n) is 9.57. The van der Waals surface area contributed by atoms with Crippen LogP contribution in [-0.4, -0.2) is 28.7 Å². The zero-order valence-corrected chi connectivity index (χ0v) is 15.1. The Labute approximate surface area is 139 Å². The third-order valence-corrected chi connectivity index (χ3v) is 7.79. The molecule has 4 aliphatic rings. The average Bonchev–Trinajstić information content (AvgIpc) is 2.99. The van der Waals surface area contributed by atoms with Crippen LogP contribution in [0, 0.1) is 28.6 Å². The Balaban J connectivity index is 1.78. The first kappa shape index (κ1) is 15.8. The van der Waals surface area contributed by atoms with Gasteiger partial charge in [0.1, 0.15) is 0 Å². The molecule has 3 nitrogen and oxygen atoms in total. The van der Waals surface area contributed by atoms with Gasteiger partial charge >= 0.3 is 0 Å². The molecule has 4 rings (SSSR count). The maximum Gasteiger partial charge on any atom is 0.164 e. The summed E-state index contributed by atoms with van der Waals surface area (Å²) in [6.07, 6.45) is 5.61. The number of aliphatic hydroxyl groups is 1. The molecule has 0 aromatic heterocycles. The maximum absolute atomic E-state index is 12.8. The van der Waals surface area contributed by atoms with Crippen LogP contribution in [0.25, 0.3) is 0 Å². The predicted molar refractivity (Wildman–Crippen MR) is 88.9 cm³/mol. The highest BCUT2D eigenvalue weighted by Gasteiger charge is 2.66. The van der Waals surface area contributed by atoms with Crippen molar-refractivity contribution in [3.63, 3.8) is 0 Å². The van der Waals surface area contributed by atoms with Gasteiger partial charge in [-0.1, -0.05) is 26.3 Å². The summed E-state index contributed by atoms with van der Waals surface area (Å²) in [5, 5.41) is 11.0. The van der Waals surface area contributed by atoms with E-state index in [1.165, 1.54) is 5.57 Å². The van der Waals surface area contributed by atoms with Crippen molar-refractivity contribution in [2.45, 2.75) is 78.1 Å². The first-order valence-electron chi connectivity index (χ1n) is 9.23. The van der Waals surface area contributed by atoms with Crippen molar-refractivity contribution < 1.29 is 14.6 Å². The van der Waals surface area contributed by atoms with E-state index >= 15 is 0 Å². The van der Waals surface area contributed by atoms with E-state index in [0.29, 0.717) is 17.9 Å². The Morgan fingerprint density at radius 2 is 1.96 bits per heavy atom. The Bertz CT molecular complexity index is 594. The molecule has 1 saturated heterocycles. The summed E-state index contributed by atoms with van der Waals surface area (Å²) in [4.78, 5) is 12.8. The minimum Gasteiger partial charge on any atom is -0.392 e. The number of carbonyl (C=O) groups is 1. The number of ether oxygens (including phenoxy) is 1. The van der Waals surface area contributed by atoms with Crippen molar-refractivity contribution in [3.8, 4) is 0 Å². The molecule has 0 aromatic rings. The van der Waals surface area contributed by atoms with Crippen LogP contribution in [0.5, 0.6) is 0 Å². The fourth-order valence-corrected chi connectivity index (χ4v) is 6.04. The number of fused-ring (bicyclic) bond motifs is 4.